The molecule has 1 atom stereocenters. The molecule has 0 saturated carbocycles. The molecule has 0 saturated heterocycles. The quantitative estimate of drug-likeness (QED) is 0.754. The Morgan fingerprint density at radius 2 is 2.33 bits per heavy atom. The highest BCUT2D eigenvalue weighted by atomic mass is 19.1. The van der Waals surface area contributed by atoms with Gasteiger partial charge in [0.15, 0.2) is 0 Å². The Balaban J connectivity index is 2.15. The predicted octanol–water partition coefficient (Wildman–Crippen LogP) is 0.967. The molecule has 1 aromatic heterocycles. The zero-order chi connectivity index (χ0) is 15.1. The summed E-state index contributed by atoms with van der Waals surface area (Å²) < 4.78 is 20.6. The average molecular weight is 294 g/mol. The standard InChI is InChI=1S/C13H19FN6O/c1-21-8-10(3-2-6-15)17-13-7-11(4-5-12(13)14)20-9-16-18-19-20/h4-5,7,9-10,17H,2-3,6,8,15H2,1H3. The Morgan fingerprint density at radius 3 is 3.00 bits per heavy atom. The van der Waals surface area contributed by atoms with Crippen LogP contribution in [0.4, 0.5) is 10.1 Å². The van der Waals surface area contributed by atoms with E-state index >= 15 is 0 Å². The Labute approximate surface area is 122 Å². The fourth-order valence-corrected chi connectivity index (χ4v) is 2.03. The van der Waals surface area contributed by atoms with E-state index in [2.05, 4.69) is 20.8 Å². The Bertz CT molecular complexity index is 548. The third kappa shape index (κ3) is 4.20. The molecule has 0 fully saturated rings. The van der Waals surface area contributed by atoms with Crippen molar-refractivity contribution in [3.8, 4) is 5.69 Å². The van der Waals surface area contributed by atoms with Gasteiger partial charge in [0, 0.05) is 13.2 Å². The van der Waals surface area contributed by atoms with Gasteiger partial charge in [0.05, 0.1) is 18.0 Å². The molecule has 1 heterocycles. The molecule has 0 radical (unpaired) electrons. The predicted molar refractivity (Wildman–Crippen MR) is 76.7 cm³/mol. The molecule has 8 heteroatoms. The van der Waals surface area contributed by atoms with Crippen molar-refractivity contribution < 1.29 is 9.13 Å². The first-order valence-electron chi connectivity index (χ1n) is 6.73. The first-order valence-corrected chi connectivity index (χ1v) is 6.73. The van der Waals surface area contributed by atoms with Crippen LogP contribution in [-0.4, -0.2) is 46.5 Å². The van der Waals surface area contributed by atoms with E-state index in [0.717, 1.165) is 12.8 Å². The largest absolute Gasteiger partial charge is 0.383 e. The summed E-state index contributed by atoms with van der Waals surface area (Å²) in [5.41, 5.74) is 6.59. The van der Waals surface area contributed by atoms with Crippen LogP contribution >= 0.6 is 0 Å². The minimum Gasteiger partial charge on any atom is -0.383 e. The summed E-state index contributed by atoms with van der Waals surface area (Å²) in [6.45, 7) is 1.07. The molecule has 0 aliphatic rings. The third-order valence-electron chi connectivity index (χ3n) is 3.05. The molecule has 0 aliphatic heterocycles. The number of aromatic nitrogens is 4. The number of ether oxygens (including phenoxy) is 1. The van der Waals surface area contributed by atoms with Crippen LogP contribution in [0.1, 0.15) is 12.8 Å². The van der Waals surface area contributed by atoms with Gasteiger partial charge in [-0.05, 0) is 48.0 Å². The Morgan fingerprint density at radius 1 is 1.48 bits per heavy atom. The number of methoxy groups -OCH3 is 1. The zero-order valence-corrected chi connectivity index (χ0v) is 11.9. The number of anilines is 1. The van der Waals surface area contributed by atoms with Gasteiger partial charge in [-0.3, -0.25) is 0 Å². The summed E-state index contributed by atoms with van der Waals surface area (Å²) >= 11 is 0. The maximum atomic E-state index is 13.9. The number of tetrazole rings is 1. The summed E-state index contributed by atoms with van der Waals surface area (Å²) in [5, 5.41) is 14.1. The molecular formula is C13H19FN6O. The van der Waals surface area contributed by atoms with Gasteiger partial charge in [-0.15, -0.1) is 5.10 Å². The van der Waals surface area contributed by atoms with Crippen LogP contribution in [0.25, 0.3) is 5.69 Å². The highest BCUT2D eigenvalue weighted by molar-refractivity contribution is 5.52. The molecule has 2 rings (SSSR count). The number of nitrogens with one attached hydrogen (secondary N) is 1. The van der Waals surface area contributed by atoms with E-state index in [0.29, 0.717) is 24.5 Å². The molecule has 0 spiro atoms. The van der Waals surface area contributed by atoms with Crippen LogP contribution in [0.15, 0.2) is 24.5 Å². The van der Waals surface area contributed by atoms with Gasteiger partial charge in [0.2, 0.25) is 0 Å². The second-order valence-electron chi connectivity index (χ2n) is 4.65. The van der Waals surface area contributed by atoms with E-state index in [1.54, 1.807) is 19.2 Å². The Hall–Kier alpha value is -2.06. The number of halogens is 1. The summed E-state index contributed by atoms with van der Waals surface area (Å²) in [6, 6.07) is 4.66. The van der Waals surface area contributed by atoms with E-state index in [1.165, 1.54) is 17.1 Å². The molecule has 7 nitrogen and oxygen atoms in total. The first kappa shape index (κ1) is 15.3. The molecule has 3 N–H and O–H groups in total. The van der Waals surface area contributed by atoms with Crippen molar-refractivity contribution in [2.75, 3.05) is 25.6 Å². The molecule has 0 amide bonds. The van der Waals surface area contributed by atoms with Gasteiger partial charge >= 0.3 is 0 Å². The SMILES string of the molecule is COCC(CCCN)Nc1cc(-n2cnnn2)ccc1F. The highest BCUT2D eigenvalue weighted by Crippen LogP contribution is 2.20. The van der Waals surface area contributed by atoms with Crippen LogP contribution in [-0.2, 0) is 4.74 Å². The normalized spacial score (nSPS) is 12.3. The fraction of sp³-hybridized carbons (Fsp3) is 0.462. The van der Waals surface area contributed by atoms with Crippen LogP contribution in [0, 0.1) is 5.82 Å². The number of hydrogen-bond acceptors (Lipinski definition) is 6. The van der Waals surface area contributed by atoms with Crippen LogP contribution in [0.5, 0.6) is 0 Å². The van der Waals surface area contributed by atoms with Gasteiger partial charge in [0.1, 0.15) is 12.1 Å². The van der Waals surface area contributed by atoms with Crippen molar-refractivity contribution in [3.63, 3.8) is 0 Å². The lowest BCUT2D eigenvalue weighted by Crippen LogP contribution is -2.26. The molecule has 0 bridgehead atoms. The van der Waals surface area contributed by atoms with E-state index in [4.69, 9.17) is 10.5 Å². The smallest absolute Gasteiger partial charge is 0.146 e. The molecule has 1 unspecified atom stereocenters. The number of hydrogen-bond donors (Lipinski definition) is 2. The van der Waals surface area contributed by atoms with Gasteiger partial charge in [-0.2, -0.15) is 0 Å². The lowest BCUT2D eigenvalue weighted by molar-refractivity contribution is 0.182. The van der Waals surface area contributed by atoms with Crippen molar-refractivity contribution >= 4 is 5.69 Å². The summed E-state index contributed by atoms with van der Waals surface area (Å²) in [7, 11) is 1.62. The van der Waals surface area contributed by atoms with Crippen LogP contribution in [0.2, 0.25) is 0 Å². The zero-order valence-electron chi connectivity index (χ0n) is 11.9. The summed E-state index contributed by atoms with van der Waals surface area (Å²) in [4.78, 5) is 0. The lowest BCUT2D eigenvalue weighted by atomic mass is 10.1. The van der Waals surface area contributed by atoms with E-state index in [-0.39, 0.29) is 11.9 Å². The van der Waals surface area contributed by atoms with Gasteiger partial charge < -0.3 is 15.8 Å². The number of rotatable bonds is 8. The van der Waals surface area contributed by atoms with Gasteiger partial charge in [0.25, 0.3) is 0 Å². The van der Waals surface area contributed by atoms with E-state index in [9.17, 15) is 4.39 Å². The van der Waals surface area contributed by atoms with Crippen LogP contribution < -0.4 is 11.1 Å². The first-order chi connectivity index (χ1) is 10.2. The minimum atomic E-state index is -0.333. The van der Waals surface area contributed by atoms with Crippen molar-refractivity contribution in [2.24, 2.45) is 5.73 Å². The van der Waals surface area contributed by atoms with E-state index in [1.807, 2.05) is 0 Å². The molecule has 21 heavy (non-hydrogen) atoms. The minimum absolute atomic E-state index is 0.00262. The molecule has 114 valence electrons. The second-order valence-corrected chi connectivity index (χ2v) is 4.65. The Kier molecular flexibility index (Phi) is 5.59. The average Bonchev–Trinajstić information content (AvgIpc) is 3.01. The topological polar surface area (TPSA) is 90.9 Å². The van der Waals surface area contributed by atoms with E-state index < -0.39 is 0 Å². The molecule has 1 aromatic carbocycles. The maximum absolute atomic E-state index is 13.9. The van der Waals surface area contributed by atoms with Crippen molar-refractivity contribution in [1.82, 2.24) is 20.2 Å². The second kappa shape index (κ2) is 7.65. The van der Waals surface area contributed by atoms with Crippen molar-refractivity contribution in [3.05, 3.63) is 30.3 Å². The molecule has 2 aromatic rings. The molecule has 0 aliphatic carbocycles. The van der Waals surface area contributed by atoms with Gasteiger partial charge in [-0.1, -0.05) is 0 Å². The summed E-state index contributed by atoms with van der Waals surface area (Å²) in [5.74, 6) is -0.333. The fourth-order valence-electron chi connectivity index (χ4n) is 2.03. The van der Waals surface area contributed by atoms with Crippen molar-refractivity contribution in [2.45, 2.75) is 18.9 Å². The lowest BCUT2D eigenvalue weighted by Gasteiger charge is -2.19. The van der Waals surface area contributed by atoms with Crippen molar-refractivity contribution in [1.29, 1.82) is 0 Å². The maximum Gasteiger partial charge on any atom is 0.146 e. The molecular weight excluding hydrogens is 275 g/mol. The van der Waals surface area contributed by atoms with Crippen LogP contribution in [0.3, 0.4) is 0 Å². The monoisotopic (exact) mass is 294 g/mol. The van der Waals surface area contributed by atoms with Gasteiger partial charge in [-0.25, -0.2) is 9.07 Å². The number of benzene rings is 1. The number of nitrogens with two attached hydrogens (primary N) is 1. The third-order valence-corrected chi connectivity index (χ3v) is 3.05. The summed E-state index contributed by atoms with van der Waals surface area (Å²) in [6.07, 6.45) is 3.10. The highest BCUT2D eigenvalue weighted by Gasteiger charge is 2.12. The number of nitrogens with zero attached hydrogens (tertiary/aromatic N) is 4.